The summed E-state index contributed by atoms with van der Waals surface area (Å²) in [6.45, 7) is 0. The van der Waals surface area contributed by atoms with Crippen molar-refractivity contribution in [3.63, 3.8) is 0 Å². The number of methoxy groups -OCH3 is 1. The minimum Gasteiger partial charge on any atom is -0.467 e. The van der Waals surface area contributed by atoms with E-state index in [1.54, 1.807) is 0 Å². The molecule has 0 unspecified atom stereocenters. The summed E-state index contributed by atoms with van der Waals surface area (Å²) in [6.07, 6.45) is 0. The van der Waals surface area contributed by atoms with Crippen LogP contribution in [0.1, 0.15) is 0 Å². The number of nitrogens with two attached hydrogens (primary N) is 1. The van der Waals surface area contributed by atoms with Crippen LogP contribution in [0.15, 0.2) is 0 Å². The Morgan fingerprint density at radius 3 is 2.60 bits per heavy atom. The van der Waals surface area contributed by atoms with E-state index in [0.717, 1.165) is 0 Å². The van der Waals surface area contributed by atoms with E-state index in [1.165, 1.54) is 7.11 Å². The van der Waals surface area contributed by atoms with Gasteiger partial charge in [0.05, 0.1) is 7.11 Å². The minimum absolute atomic E-state index is 0.0318. The molecule has 54 valence electrons. The topological polar surface area (TPSA) is 73.9 Å². The second kappa shape index (κ2) is 2.66. The summed E-state index contributed by atoms with van der Waals surface area (Å²) in [5.74, 6) is 0.0526. The third kappa shape index (κ3) is 1.44. The van der Waals surface area contributed by atoms with E-state index in [-0.39, 0.29) is 17.2 Å². The Kier molecular flexibility index (Phi) is 1.86. The first-order valence-corrected chi connectivity index (χ1v) is 2.81. The summed E-state index contributed by atoms with van der Waals surface area (Å²) in [6, 6.07) is 0.123. The van der Waals surface area contributed by atoms with Gasteiger partial charge in [-0.1, -0.05) is 0 Å². The van der Waals surface area contributed by atoms with Gasteiger partial charge in [-0.2, -0.15) is 15.0 Å². The summed E-state index contributed by atoms with van der Waals surface area (Å²) in [4.78, 5) is 10.7. The summed E-state index contributed by atoms with van der Waals surface area (Å²) in [5, 5.41) is 0.0318. The highest BCUT2D eigenvalue weighted by Gasteiger charge is 1.99. The Morgan fingerprint density at radius 2 is 2.10 bits per heavy atom. The van der Waals surface area contributed by atoms with Crippen LogP contribution >= 0.6 is 11.6 Å². The number of anilines is 1. The zero-order valence-corrected chi connectivity index (χ0v) is 5.96. The Balaban J connectivity index is 3.06. The van der Waals surface area contributed by atoms with E-state index >= 15 is 0 Å². The SMILES string of the molecule is COc1nc(N)nc(Cl)n1. The first-order valence-electron chi connectivity index (χ1n) is 2.43. The molecule has 10 heavy (non-hydrogen) atoms. The summed E-state index contributed by atoms with van der Waals surface area (Å²) < 4.78 is 4.65. The lowest BCUT2D eigenvalue weighted by molar-refractivity contribution is 0.379. The molecular weight excluding hydrogens is 156 g/mol. The molecule has 6 heteroatoms. The average Bonchev–Trinajstić information content (AvgIpc) is 1.85. The van der Waals surface area contributed by atoms with Crippen molar-refractivity contribution in [2.75, 3.05) is 12.8 Å². The Hall–Kier alpha value is -1.10. The van der Waals surface area contributed by atoms with Crippen LogP contribution in [0, 0.1) is 0 Å². The van der Waals surface area contributed by atoms with Crippen LogP contribution in [0.3, 0.4) is 0 Å². The van der Waals surface area contributed by atoms with Crippen LogP contribution in [-0.4, -0.2) is 22.1 Å². The molecular formula is C4H5ClN4O. The summed E-state index contributed by atoms with van der Waals surface area (Å²) in [7, 11) is 1.42. The van der Waals surface area contributed by atoms with Gasteiger partial charge in [0, 0.05) is 0 Å². The van der Waals surface area contributed by atoms with Gasteiger partial charge in [-0.3, -0.25) is 0 Å². The lowest BCUT2D eigenvalue weighted by Crippen LogP contribution is -2.00. The van der Waals surface area contributed by atoms with E-state index in [0.29, 0.717) is 0 Å². The Labute approximate surface area is 62.2 Å². The van der Waals surface area contributed by atoms with Crippen molar-refractivity contribution in [2.45, 2.75) is 0 Å². The van der Waals surface area contributed by atoms with Crippen LogP contribution < -0.4 is 10.5 Å². The van der Waals surface area contributed by atoms with Crippen molar-refractivity contribution in [1.82, 2.24) is 15.0 Å². The molecule has 0 saturated carbocycles. The second-order valence-corrected chi connectivity index (χ2v) is 1.79. The smallest absolute Gasteiger partial charge is 0.322 e. The maximum atomic E-state index is 5.41. The minimum atomic E-state index is 0.0318. The van der Waals surface area contributed by atoms with Crippen molar-refractivity contribution in [2.24, 2.45) is 0 Å². The highest BCUT2D eigenvalue weighted by Crippen LogP contribution is 2.07. The molecule has 0 amide bonds. The van der Waals surface area contributed by atoms with Gasteiger partial charge in [0.2, 0.25) is 11.2 Å². The Morgan fingerprint density at radius 1 is 1.40 bits per heavy atom. The predicted molar refractivity (Wildman–Crippen MR) is 35.8 cm³/mol. The lowest BCUT2D eigenvalue weighted by atomic mass is 10.9. The quantitative estimate of drug-likeness (QED) is 0.632. The average molecular weight is 161 g/mol. The lowest BCUT2D eigenvalue weighted by Gasteiger charge is -1.96. The molecule has 0 atom stereocenters. The fraction of sp³-hybridized carbons (Fsp3) is 0.250. The van der Waals surface area contributed by atoms with Crippen LogP contribution in [0.2, 0.25) is 5.28 Å². The van der Waals surface area contributed by atoms with E-state index in [4.69, 9.17) is 17.3 Å². The maximum absolute atomic E-state index is 5.41. The van der Waals surface area contributed by atoms with E-state index in [2.05, 4.69) is 19.7 Å². The molecule has 1 aromatic heterocycles. The van der Waals surface area contributed by atoms with Crippen molar-refractivity contribution in [1.29, 1.82) is 0 Å². The largest absolute Gasteiger partial charge is 0.467 e. The molecule has 0 bridgehead atoms. The van der Waals surface area contributed by atoms with Gasteiger partial charge in [0.15, 0.2) is 0 Å². The van der Waals surface area contributed by atoms with Crippen LogP contribution in [-0.2, 0) is 0 Å². The first kappa shape index (κ1) is 7.01. The van der Waals surface area contributed by atoms with Gasteiger partial charge >= 0.3 is 6.01 Å². The van der Waals surface area contributed by atoms with Gasteiger partial charge in [-0.25, -0.2) is 0 Å². The van der Waals surface area contributed by atoms with E-state index in [1.807, 2.05) is 0 Å². The highest BCUT2D eigenvalue weighted by atomic mass is 35.5. The number of hydrogen-bond acceptors (Lipinski definition) is 5. The molecule has 0 spiro atoms. The van der Waals surface area contributed by atoms with Crippen molar-refractivity contribution < 1.29 is 4.74 Å². The van der Waals surface area contributed by atoms with Crippen LogP contribution in [0.25, 0.3) is 0 Å². The molecule has 0 fully saturated rings. The van der Waals surface area contributed by atoms with E-state index < -0.39 is 0 Å². The number of rotatable bonds is 1. The monoisotopic (exact) mass is 160 g/mol. The fourth-order valence-electron chi connectivity index (χ4n) is 0.438. The standard InChI is InChI=1S/C4H5ClN4O/c1-10-4-8-2(5)7-3(6)9-4/h1H3,(H2,6,7,8,9). The van der Waals surface area contributed by atoms with Gasteiger partial charge in [-0.15, -0.1) is 0 Å². The van der Waals surface area contributed by atoms with Gasteiger partial charge in [-0.05, 0) is 11.6 Å². The second-order valence-electron chi connectivity index (χ2n) is 1.45. The molecule has 0 saturated heterocycles. The molecule has 1 rings (SSSR count). The molecule has 0 radical (unpaired) electrons. The molecule has 0 aliphatic rings. The predicted octanol–water partition coefficient (Wildman–Crippen LogP) is 0.116. The Bertz CT molecular complexity index is 220. The van der Waals surface area contributed by atoms with Gasteiger partial charge < -0.3 is 10.5 Å². The third-order valence-electron chi connectivity index (χ3n) is 0.787. The van der Waals surface area contributed by atoms with Crippen LogP contribution in [0.4, 0.5) is 5.95 Å². The first-order chi connectivity index (χ1) is 4.72. The molecule has 0 aromatic carbocycles. The number of hydrogen-bond donors (Lipinski definition) is 1. The van der Waals surface area contributed by atoms with Crippen molar-refractivity contribution >= 4 is 17.5 Å². The molecule has 1 heterocycles. The molecule has 0 aliphatic carbocycles. The van der Waals surface area contributed by atoms with E-state index in [9.17, 15) is 0 Å². The number of nitrogen functional groups attached to an aromatic ring is 1. The molecule has 5 nitrogen and oxygen atoms in total. The number of nitrogens with zero attached hydrogens (tertiary/aromatic N) is 3. The van der Waals surface area contributed by atoms with Gasteiger partial charge in [0.1, 0.15) is 0 Å². The number of halogens is 1. The zero-order chi connectivity index (χ0) is 7.56. The van der Waals surface area contributed by atoms with Gasteiger partial charge in [0.25, 0.3) is 0 Å². The van der Waals surface area contributed by atoms with Crippen molar-refractivity contribution in [3.05, 3.63) is 5.28 Å². The number of ether oxygens (including phenoxy) is 1. The normalized spacial score (nSPS) is 9.40. The number of aromatic nitrogens is 3. The molecule has 0 aliphatic heterocycles. The maximum Gasteiger partial charge on any atom is 0.322 e. The third-order valence-corrected chi connectivity index (χ3v) is 0.957. The van der Waals surface area contributed by atoms with Crippen molar-refractivity contribution in [3.8, 4) is 6.01 Å². The fourth-order valence-corrected chi connectivity index (χ4v) is 0.597. The zero-order valence-electron chi connectivity index (χ0n) is 5.21. The summed E-state index contributed by atoms with van der Waals surface area (Å²) >= 11 is 5.41. The van der Waals surface area contributed by atoms with Crippen LogP contribution in [0.5, 0.6) is 6.01 Å². The highest BCUT2D eigenvalue weighted by molar-refractivity contribution is 6.28. The summed E-state index contributed by atoms with van der Waals surface area (Å²) in [5.41, 5.74) is 5.21. The molecule has 1 aromatic rings. The molecule has 2 N–H and O–H groups in total.